The van der Waals surface area contributed by atoms with Crippen LogP contribution in [-0.2, 0) is 26.0 Å². The molecule has 2 N–H and O–H groups in total. The summed E-state index contributed by atoms with van der Waals surface area (Å²) in [4.78, 5) is 16.3. The van der Waals surface area contributed by atoms with Crippen molar-refractivity contribution in [1.29, 1.82) is 0 Å². The van der Waals surface area contributed by atoms with Crippen LogP contribution < -0.4 is 5.48 Å². The number of carbonyl (C=O) groups excluding carboxylic acids is 1. The molecule has 2 aliphatic heterocycles. The average molecular weight is 516 g/mol. The van der Waals surface area contributed by atoms with E-state index >= 15 is 0 Å². The van der Waals surface area contributed by atoms with E-state index < -0.39 is 45.6 Å². The molecule has 0 atom stereocenters. The summed E-state index contributed by atoms with van der Waals surface area (Å²) in [6, 6.07) is 3.00. The summed E-state index contributed by atoms with van der Waals surface area (Å²) in [5.74, 6) is -5.88. The number of amides is 1. The predicted octanol–water partition coefficient (Wildman–Crippen LogP) is 2.78. The van der Waals surface area contributed by atoms with E-state index in [1.165, 1.54) is 22.0 Å². The second kappa shape index (κ2) is 9.99. The molecule has 1 aromatic rings. The molecular formula is C20H26F5N3O5S. The molecule has 3 rings (SSSR count). The van der Waals surface area contributed by atoms with Crippen LogP contribution in [0.5, 0.6) is 0 Å². The highest BCUT2D eigenvalue weighted by Crippen LogP contribution is 2.39. The number of hydrogen-bond donors (Lipinski definition) is 2. The monoisotopic (exact) mass is 515 g/mol. The van der Waals surface area contributed by atoms with Crippen molar-refractivity contribution < 1.29 is 45.1 Å². The molecule has 0 spiro atoms. The maximum absolute atomic E-state index is 13.3. The second-order valence-electron chi connectivity index (χ2n) is 8.51. The molecule has 0 unspecified atom stereocenters. The van der Waals surface area contributed by atoms with Crippen LogP contribution >= 0.6 is 0 Å². The Labute approximate surface area is 193 Å². The fourth-order valence-corrected chi connectivity index (χ4v) is 6.48. The van der Waals surface area contributed by atoms with Gasteiger partial charge in [-0.15, -0.1) is 0 Å². The summed E-state index contributed by atoms with van der Waals surface area (Å²) in [7, 11) is -4.10. The van der Waals surface area contributed by atoms with Crippen molar-refractivity contribution in [3.63, 3.8) is 0 Å². The number of aromatic nitrogens is 1. The van der Waals surface area contributed by atoms with Crippen molar-refractivity contribution in [3.8, 4) is 0 Å². The maximum atomic E-state index is 13.3. The number of halogens is 5. The van der Waals surface area contributed by atoms with Gasteiger partial charge in [-0.2, -0.15) is 22.0 Å². The van der Waals surface area contributed by atoms with E-state index in [0.717, 1.165) is 5.56 Å². The summed E-state index contributed by atoms with van der Waals surface area (Å²) in [5.41, 5.74) is 2.29. The lowest BCUT2D eigenvalue weighted by molar-refractivity contribution is -0.284. The lowest BCUT2D eigenvalue weighted by atomic mass is 9.91. The van der Waals surface area contributed by atoms with Crippen LogP contribution in [0.25, 0.3) is 0 Å². The van der Waals surface area contributed by atoms with Gasteiger partial charge in [0.1, 0.15) is 0 Å². The number of rotatable bonds is 7. The number of pyridine rings is 1. The summed E-state index contributed by atoms with van der Waals surface area (Å²) in [5, 5.41) is 9.12. The molecule has 34 heavy (non-hydrogen) atoms. The Balaban J connectivity index is 1.63. The van der Waals surface area contributed by atoms with Gasteiger partial charge in [-0.05, 0) is 36.8 Å². The molecule has 2 fully saturated rings. The molecule has 0 bridgehead atoms. The summed E-state index contributed by atoms with van der Waals surface area (Å²) in [6.45, 7) is 0.369. The first-order valence-electron chi connectivity index (χ1n) is 10.8. The van der Waals surface area contributed by atoms with E-state index in [1.807, 2.05) is 0 Å². The molecule has 0 radical (unpaired) electrons. The second-order valence-corrected chi connectivity index (χ2v) is 10.8. The maximum Gasteiger partial charge on any atom is 0.453 e. The van der Waals surface area contributed by atoms with Gasteiger partial charge in [-0.25, -0.2) is 18.2 Å². The molecule has 0 aliphatic carbocycles. The number of hydroxylamine groups is 1. The van der Waals surface area contributed by atoms with E-state index in [9.17, 15) is 35.2 Å². The highest BCUT2D eigenvalue weighted by Gasteiger charge is 2.57. The minimum absolute atomic E-state index is 0.0655. The highest BCUT2D eigenvalue weighted by molar-refractivity contribution is 7.91. The zero-order valence-corrected chi connectivity index (χ0v) is 19.0. The number of aryl methyl sites for hydroxylation is 1. The van der Waals surface area contributed by atoms with Crippen LogP contribution in [0.1, 0.15) is 49.3 Å². The van der Waals surface area contributed by atoms with Gasteiger partial charge in [0.15, 0.2) is 4.75 Å². The van der Waals surface area contributed by atoms with Crippen LogP contribution in [0, 0.1) is 0 Å². The van der Waals surface area contributed by atoms with E-state index in [-0.39, 0.29) is 50.8 Å². The predicted molar refractivity (Wildman–Crippen MR) is 109 cm³/mol. The van der Waals surface area contributed by atoms with Crippen molar-refractivity contribution >= 4 is 15.9 Å². The van der Waals surface area contributed by atoms with Gasteiger partial charge in [0.05, 0.1) is 0 Å². The molecule has 1 aromatic heterocycles. The molecular weight excluding hydrogens is 489 g/mol. The van der Waals surface area contributed by atoms with Crippen LogP contribution in [-0.4, -0.2) is 72.0 Å². The average Bonchev–Trinajstić information content (AvgIpc) is 2.82. The van der Waals surface area contributed by atoms with Gasteiger partial charge in [0.2, 0.25) is 10.0 Å². The number of sulfonamides is 1. The Morgan fingerprint density at radius 3 is 2.29 bits per heavy atom. The van der Waals surface area contributed by atoms with E-state index in [2.05, 4.69) is 4.98 Å². The largest absolute Gasteiger partial charge is 0.453 e. The van der Waals surface area contributed by atoms with Gasteiger partial charge in [0, 0.05) is 57.5 Å². The van der Waals surface area contributed by atoms with Crippen LogP contribution in [0.15, 0.2) is 18.3 Å². The first kappa shape index (κ1) is 26.7. The standard InChI is InChI=1S/C20H26F5N3O5S/c21-19(22,20(23,24)25)6-3-16-2-1-15(13-26-16)14-4-9-28(10-5-14)34(31,32)18(17(29)27-30)7-11-33-12-8-18/h1-2,13-14,30H,3-12H2,(H,27,29). The Morgan fingerprint density at radius 1 is 1.18 bits per heavy atom. The lowest BCUT2D eigenvalue weighted by Gasteiger charge is -2.40. The normalized spacial score (nSPS) is 20.8. The molecule has 1 amide bonds. The van der Waals surface area contributed by atoms with Crippen LogP contribution in [0.4, 0.5) is 22.0 Å². The van der Waals surface area contributed by atoms with Crippen molar-refractivity contribution in [2.75, 3.05) is 26.3 Å². The fourth-order valence-electron chi connectivity index (χ4n) is 4.33. The zero-order valence-electron chi connectivity index (χ0n) is 18.2. The topological polar surface area (TPSA) is 109 Å². The lowest BCUT2D eigenvalue weighted by Crippen LogP contribution is -2.60. The number of hydrogen-bond acceptors (Lipinski definition) is 6. The summed E-state index contributed by atoms with van der Waals surface area (Å²) in [6.07, 6.45) is -5.49. The summed E-state index contributed by atoms with van der Waals surface area (Å²) >= 11 is 0. The molecule has 192 valence electrons. The van der Waals surface area contributed by atoms with Gasteiger partial charge < -0.3 is 4.74 Å². The minimum Gasteiger partial charge on any atom is -0.381 e. The molecule has 2 saturated heterocycles. The van der Waals surface area contributed by atoms with Crippen LogP contribution in [0.2, 0.25) is 0 Å². The number of carbonyl (C=O) groups is 1. The number of ether oxygens (including phenoxy) is 1. The van der Waals surface area contributed by atoms with Crippen molar-refractivity contribution in [2.24, 2.45) is 0 Å². The Bertz CT molecular complexity index is 958. The smallest absolute Gasteiger partial charge is 0.381 e. The Morgan fingerprint density at radius 2 is 1.79 bits per heavy atom. The number of nitrogens with zero attached hydrogens (tertiary/aromatic N) is 2. The highest BCUT2D eigenvalue weighted by atomic mass is 32.2. The third-order valence-electron chi connectivity index (χ3n) is 6.53. The quantitative estimate of drug-likeness (QED) is 0.329. The Kier molecular flexibility index (Phi) is 7.85. The molecule has 8 nitrogen and oxygen atoms in total. The van der Waals surface area contributed by atoms with E-state index in [1.54, 1.807) is 6.07 Å². The van der Waals surface area contributed by atoms with Gasteiger partial charge in [0.25, 0.3) is 5.91 Å². The molecule has 0 aromatic carbocycles. The summed E-state index contributed by atoms with van der Waals surface area (Å²) < 4.78 is 94.4. The van der Waals surface area contributed by atoms with Crippen molar-refractivity contribution in [3.05, 3.63) is 29.6 Å². The van der Waals surface area contributed by atoms with Gasteiger partial charge >= 0.3 is 12.1 Å². The molecule has 0 saturated carbocycles. The van der Waals surface area contributed by atoms with Crippen LogP contribution in [0.3, 0.4) is 0 Å². The van der Waals surface area contributed by atoms with Gasteiger partial charge in [-0.1, -0.05) is 6.07 Å². The van der Waals surface area contributed by atoms with Gasteiger partial charge in [-0.3, -0.25) is 15.0 Å². The Hall–Kier alpha value is -1.90. The van der Waals surface area contributed by atoms with Crippen molar-refractivity contribution in [1.82, 2.24) is 14.8 Å². The van der Waals surface area contributed by atoms with E-state index in [0.29, 0.717) is 12.8 Å². The number of nitrogens with one attached hydrogen (secondary N) is 1. The fraction of sp³-hybridized carbons (Fsp3) is 0.700. The minimum atomic E-state index is -5.61. The first-order valence-corrected chi connectivity index (χ1v) is 12.2. The molecule has 3 heterocycles. The SMILES string of the molecule is O=C(NO)C1(S(=O)(=O)N2CCC(c3ccc(CCC(F)(F)C(F)(F)F)nc3)CC2)CCOCC1. The number of alkyl halides is 5. The third-order valence-corrected chi connectivity index (χ3v) is 9.16. The first-order chi connectivity index (χ1) is 15.8. The molecule has 14 heteroatoms. The zero-order chi connectivity index (χ0) is 25.2. The molecule has 2 aliphatic rings. The third kappa shape index (κ3) is 5.19. The number of piperidine rings is 1. The van der Waals surface area contributed by atoms with E-state index in [4.69, 9.17) is 9.94 Å². The van der Waals surface area contributed by atoms with Crippen molar-refractivity contribution in [2.45, 2.75) is 61.3 Å².